The van der Waals surface area contributed by atoms with Crippen LogP contribution in [0.3, 0.4) is 0 Å². The maximum Gasteiger partial charge on any atom is 0.166 e. The van der Waals surface area contributed by atoms with E-state index in [9.17, 15) is 0 Å². The van der Waals surface area contributed by atoms with Gasteiger partial charge in [-0.05, 0) is 69.8 Å². The number of para-hydroxylation sites is 2. The molecule has 246 valence electrons. The van der Waals surface area contributed by atoms with Crippen molar-refractivity contribution in [3.05, 3.63) is 181 Å². The molecule has 9 aromatic rings. The van der Waals surface area contributed by atoms with Crippen molar-refractivity contribution >= 4 is 21.8 Å². The molecule has 2 aromatic heterocycles. The number of benzene rings is 7. The van der Waals surface area contributed by atoms with Crippen molar-refractivity contribution in [3.8, 4) is 62.1 Å². The maximum absolute atomic E-state index is 5.15. The molecule has 1 aliphatic rings. The van der Waals surface area contributed by atoms with Crippen LogP contribution in [0.5, 0.6) is 0 Å². The summed E-state index contributed by atoms with van der Waals surface area (Å²) in [6.45, 7) is 4.68. The zero-order chi connectivity index (χ0) is 34.8. The van der Waals surface area contributed by atoms with Gasteiger partial charge in [0.1, 0.15) is 0 Å². The van der Waals surface area contributed by atoms with E-state index >= 15 is 0 Å². The molecule has 0 N–H and O–H groups in total. The van der Waals surface area contributed by atoms with Crippen LogP contribution in [0.25, 0.3) is 83.9 Å². The predicted octanol–water partition coefficient (Wildman–Crippen LogP) is 11.9. The molecule has 0 bridgehead atoms. The predicted molar refractivity (Wildman–Crippen MR) is 213 cm³/mol. The quantitative estimate of drug-likeness (QED) is 0.184. The summed E-state index contributed by atoms with van der Waals surface area (Å²) in [7, 11) is 0. The van der Waals surface area contributed by atoms with Gasteiger partial charge in [-0.25, -0.2) is 15.0 Å². The van der Waals surface area contributed by atoms with Gasteiger partial charge < -0.3 is 4.57 Å². The van der Waals surface area contributed by atoms with E-state index < -0.39 is 0 Å². The molecule has 0 unspecified atom stereocenters. The minimum Gasteiger partial charge on any atom is -0.308 e. The fraction of sp³-hybridized carbons (Fsp3) is 0.0625. The minimum absolute atomic E-state index is 0.0635. The normalized spacial score (nSPS) is 13.0. The zero-order valence-corrected chi connectivity index (χ0v) is 29.0. The van der Waals surface area contributed by atoms with Crippen molar-refractivity contribution in [2.45, 2.75) is 19.3 Å². The lowest BCUT2D eigenvalue weighted by molar-refractivity contribution is 0.660. The van der Waals surface area contributed by atoms with Crippen molar-refractivity contribution in [3.63, 3.8) is 0 Å². The van der Waals surface area contributed by atoms with Gasteiger partial charge in [0.25, 0.3) is 0 Å². The molecule has 10 rings (SSSR count). The Labute approximate surface area is 302 Å². The largest absolute Gasteiger partial charge is 0.308 e. The second-order valence-electron chi connectivity index (χ2n) is 14.1. The second kappa shape index (κ2) is 11.7. The molecule has 0 fully saturated rings. The summed E-state index contributed by atoms with van der Waals surface area (Å²) in [5, 5.41) is 2.33. The molecule has 0 amide bonds. The Kier molecular flexibility index (Phi) is 6.80. The molecular formula is C48H34N4. The van der Waals surface area contributed by atoms with Crippen molar-refractivity contribution in [2.24, 2.45) is 0 Å². The standard InChI is InChI=1S/C48H34N4/c1-48(2)41-24-13-12-21-36(41)37-27-25-34(30-42(37)48)33-26-28-43-40(29-33)38-22-14-23-39(44(38)52(43)35-19-10-5-11-20-35)47-50-45(31-15-6-3-7-16-31)49-46(51-47)32-17-8-4-9-18-32/h3-30H,1-2H3. The van der Waals surface area contributed by atoms with E-state index in [2.05, 4.69) is 152 Å². The summed E-state index contributed by atoms with van der Waals surface area (Å²) in [6, 6.07) is 60.1. The number of aromatic nitrogens is 4. The minimum atomic E-state index is -0.0635. The molecule has 0 aliphatic heterocycles. The van der Waals surface area contributed by atoms with Crippen LogP contribution < -0.4 is 0 Å². The Bertz CT molecular complexity index is 2740. The molecule has 4 heteroatoms. The molecule has 52 heavy (non-hydrogen) atoms. The van der Waals surface area contributed by atoms with E-state index in [4.69, 9.17) is 15.0 Å². The van der Waals surface area contributed by atoms with Crippen molar-refractivity contribution in [1.29, 1.82) is 0 Å². The van der Waals surface area contributed by atoms with Crippen LogP contribution >= 0.6 is 0 Å². The summed E-state index contributed by atoms with van der Waals surface area (Å²) in [5.41, 5.74) is 13.9. The van der Waals surface area contributed by atoms with E-state index in [-0.39, 0.29) is 5.41 Å². The molecule has 1 aliphatic carbocycles. The number of nitrogens with zero attached hydrogens (tertiary/aromatic N) is 4. The molecule has 2 heterocycles. The van der Waals surface area contributed by atoms with E-state index in [1.165, 1.54) is 38.8 Å². The van der Waals surface area contributed by atoms with Gasteiger partial charge in [0, 0.05) is 38.6 Å². The van der Waals surface area contributed by atoms with E-state index in [1.54, 1.807) is 0 Å². The van der Waals surface area contributed by atoms with Gasteiger partial charge in [-0.3, -0.25) is 0 Å². The molecule has 0 radical (unpaired) electrons. The Morgan fingerprint density at radius 2 is 0.962 bits per heavy atom. The number of fused-ring (bicyclic) bond motifs is 6. The number of hydrogen-bond donors (Lipinski definition) is 0. The lowest BCUT2D eigenvalue weighted by Gasteiger charge is -2.22. The molecule has 0 atom stereocenters. The van der Waals surface area contributed by atoms with Crippen LogP contribution in [0.1, 0.15) is 25.0 Å². The average molecular weight is 667 g/mol. The molecule has 7 aromatic carbocycles. The van der Waals surface area contributed by atoms with Crippen molar-refractivity contribution in [1.82, 2.24) is 19.5 Å². The van der Waals surface area contributed by atoms with Gasteiger partial charge in [0.15, 0.2) is 17.5 Å². The van der Waals surface area contributed by atoms with E-state index in [1.807, 2.05) is 36.4 Å². The fourth-order valence-electron chi connectivity index (χ4n) is 8.09. The summed E-state index contributed by atoms with van der Waals surface area (Å²) < 4.78 is 2.36. The first-order valence-electron chi connectivity index (χ1n) is 17.8. The first kappa shape index (κ1) is 30.2. The zero-order valence-electron chi connectivity index (χ0n) is 29.0. The third-order valence-electron chi connectivity index (χ3n) is 10.7. The van der Waals surface area contributed by atoms with Crippen LogP contribution in [0, 0.1) is 0 Å². The lowest BCUT2D eigenvalue weighted by Crippen LogP contribution is -2.14. The first-order chi connectivity index (χ1) is 25.5. The van der Waals surface area contributed by atoms with Gasteiger partial charge >= 0.3 is 0 Å². The summed E-state index contributed by atoms with van der Waals surface area (Å²) in [5.74, 6) is 1.93. The van der Waals surface area contributed by atoms with E-state index in [0.29, 0.717) is 17.5 Å². The van der Waals surface area contributed by atoms with Crippen LogP contribution in [-0.2, 0) is 5.41 Å². The number of rotatable bonds is 5. The molecule has 0 spiro atoms. The first-order valence-corrected chi connectivity index (χ1v) is 17.8. The van der Waals surface area contributed by atoms with Gasteiger partial charge in [-0.1, -0.05) is 147 Å². The highest BCUT2D eigenvalue weighted by Gasteiger charge is 2.35. The molecular weight excluding hydrogens is 633 g/mol. The summed E-state index contributed by atoms with van der Waals surface area (Å²) in [4.78, 5) is 15.3. The van der Waals surface area contributed by atoms with Crippen LogP contribution in [0.2, 0.25) is 0 Å². The maximum atomic E-state index is 5.15. The summed E-state index contributed by atoms with van der Waals surface area (Å²) in [6.07, 6.45) is 0. The average Bonchev–Trinajstić information content (AvgIpc) is 3.66. The van der Waals surface area contributed by atoms with Crippen molar-refractivity contribution < 1.29 is 0 Å². The Hall–Kier alpha value is -6.65. The van der Waals surface area contributed by atoms with Crippen LogP contribution in [-0.4, -0.2) is 19.5 Å². The van der Waals surface area contributed by atoms with Gasteiger partial charge in [-0.2, -0.15) is 0 Å². The number of hydrogen-bond acceptors (Lipinski definition) is 3. The molecule has 0 saturated carbocycles. The Morgan fingerprint density at radius 3 is 1.67 bits per heavy atom. The van der Waals surface area contributed by atoms with Gasteiger partial charge in [-0.15, -0.1) is 0 Å². The second-order valence-corrected chi connectivity index (χ2v) is 14.1. The lowest BCUT2D eigenvalue weighted by atomic mass is 9.81. The highest BCUT2D eigenvalue weighted by molar-refractivity contribution is 6.14. The Balaban J connectivity index is 1.21. The monoisotopic (exact) mass is 666 g/mol. The van der Waals surface area contributed by atoms with Gasteiger partial charge in [0.2, 0.25) is 0 Å². The fourth-order valence-corrected chi connectivity index (χ4v) is 8.09. The highest BCUT2D eigenvalue weighted by Crippen LogP contribution is 2.50. The third kappa shape index (κ3) is 4.72. The van der Waals surface area contributed by atoms with E-state index in [0.717, 1.165) is 38.8 Å². The Morgan fingerprint density at radius 1 is 0.404 bits per heavy atom. The van der Waals surface area contributed by atoms with Crippen LogP contribution in [0.4, 0.5) is 0 Å². The van der Waals surface area contributed by atoms with Crippen molar-refractivity contribution in [2.75, 3.05) is 0 Å². The molecule has 0 saturated heterocycles. The highest BCUT2D eigenvalue weighted by atomic mass is 15.0. The van der Waals surface area contributed by atoms with Crippen LogP contribution in [0.15, 0.2) is 170 Å². The summed E-state index contributed by atoms with van der Waals surface area (Å²) >= 11 is 0. The topological polar surface area (TPSA) is 43.6 Å². The molecule has 4 nitrogen and oxygen atoms in total. The SMILES string of the molecule is CC1(C)c2ccccc2-c2ccc(-c3ccc4c(c3)c3cccc(-c5nc(-c6ccccc6)nc(-c6ccccc6)n5)c3n4-c3ccccc3)cc21. The van der Waals surface area contributed by atoms with Gasteiger partial charge in [0.05, 0.1) is 11.0 Å². The smallest absolute Gasteiger partial charge is 0.166 e. The third-order valence-corrected chi connectivity index (χ3v) is 10.7.